The first-order chi connectivity index (χ1) is 9.52. The minimum Gasteiger partial charge on any atom is -0.495 e. The molecule has 0 unspecified atom stereocenters. The third-order valence-corrected chi connectivity index (χ3v) is 4.58. The van der Waals surface area contributed by atoms with Gasteiger partial charge in [0.25, 0.3) is 0 Å². The summed E-state index contributed by atoms with van der Waals surface area (Å²) < 4.78 is 7.27. The highest BCUT2D eigenvalue weighted by Crippen LogP contribution is 2.34. The molecule has 0 atom stereocenters. The van der Waals surface area contributed by atoms with E-state index in [9.17, 15) is 0 Å². The van der Waals surface area contributed by atoms with Gasteiger partial charge in [-0.25, -0.2) is 0 Å². The first-order valence-electron chi connectivity index (χ1n) is 5.72. The topological polar surface area (TPSA) is 21.3 Å². The molecular formula is C14H11Br2Cl2NO. The van der Waals surface area contributed by atoms with Crippen LogP contribution in [0.1, 0.15) is 5.56 Å². The lowest BCUT2D eigenvalue weighted by atomic mass is 10.2. The van der Waals surface area contributed by atoms with Gasteiger partial charge in [0.2, 0.25) is 0 Å². The van der Waals surface area contributed by atoms with Crippen LogP contribution in [0, 0.1) is 0 Å². The van der Waals surface area contributed by atoms with E-state index >= 15 is 0 Å². The second-order valence-corrected chi connectivity index (χ2v) is 6.59. The number of methoxy groups -OCH3 is 1. The van der Waals surface area contributed by atoms with Crippen LogP contribution in [0.4, 0.5) is 5.69 Å². The fraction of sp³-hybridized carbons (Fsp3) is 0.143. The van der Waals surface area contributed by atoms with Gasteiger partial charge in [0.15, 0.2) is 0 Å². The number of ether oxygens (including phenoxy) is 1. The SMILES string of the molecule is COc1c(Br)cc(Br)cc1CNc1cccc(Cl)c1Cl. The van der Waals surface area contributed by atoms with Gasteiger partial charge in [-0.15, -0.1) is 0 Å². The van der Waals surface area contributed by atoms with E-state index in [-0.39, 0.29) is 0 Å². The Morgan fingerprint density at radius 2 is 1.95 bits per heavy atom. The van der Waals surface area contributed by atoms with Crippen molar-refractivity contribution in [3.8, 4) is 5.75 Å². The molecule has 6 heteroatoms. The predicted molar refractivity (Wildman–Crippen MR) is 92.2 cm³/mol. The van der Waals surface area contributed by atoms with E-state index in [1.807, 2.05) is 24.3 Å². The zero-order valence-corrected chi connectivity index (χ0v) is 15.2. The minimum absolute atomic E-state index is 0.516. The Labute approximate surface area is 144 Å². The van der Waals surface area contributed by atoms with Crippen LogP contribution < -0.4 is 10.1 Å². The maximum atomic E-state index is 6.15. The van der Waals surface area contributed by atoms with Gasteiger partial charge in [0.05, 0.1) is 27.3 Å². The molecule has 0 amide bonds. The summed E-state index contributed by atoms with van der Waals surface area (Å²) in [5.74, 6) is 0.791. The van der Waals surface area contributed by atoms with Crippen molar-refractivity contribution in [3.63, 3.8) is 0 Å². The molecular weight excluding hydrogens is 429 g/mol. The van der Waals surface area contributed by atoms with Gasteiger partial charge in [-0.05, 0) is 40.2 Å². The molecule has 2 nitrogen and oxygen atoms in total. The summed E-state index contributed by atoms with van der Waals surface area (Å²) in [7, 11) is 1.64. The molecule has 20 heavy (non-hydrogen) atoms. The third kappa shape index (κ3) is 3.61. The summed E-state index contributed by atoms with van der Waals surface area (Å²) in [4.78, 5) is 0. The number of anilines is 1. The molecule has 1 N–H and O–H groups in total. The Balaban J connectivity index is 2.25. The van der Waals surface area contributed by atoms with Crippen molar-refractivity contribution in [3.05, 3.63) is 54.9 Å². The largest absolute Gasteiger partial charge is 0.495 e. The fourth-order valence-corrected chi connectivity index (χ4v) is 3.65. The van der Waals surface area contributed by atoms with E-state index in [0.717, 1.165) is 25.9 Å². The zero-order chi connectivity index (χ0) is 14.7. The molecule has 106 valence electrons. The predicted octanol–water partition coefficient (Wildman–Crippen LogP) is 6.14. The molecule has 0 heterocycles. The second-order valence-electron chi connectivity index (χ2n) is 4.03. The third-order valence-electron chi connectivity index (χ3n) is 2.71. The summed E-state index contributed by atoms with van der Waals surface area (Å²) in [6, 6.07) is 9.42. The quantitative estimate of drug-likeness (QED) is 0.617. The summed E-state index contributed by atoms with van der Waals surface area (Å²) in [5, 5.41) is 4.30. The van der Waals surface area contributed by atoms with Crippen molar-refractivity contribution in [1.82, 2.24) is 0 Å². The van der Waals surface area contributed by atoms with Crippen molar-refractivity contribution >= 4 is 60.7 Å². The highest BCUT2D eigenvalue weighted by atomic mass is 79.9. The maximum absolute atomic E-state index is 6.15. The summed E-state index contributed by atoms with van der Waals surface area (Å²) in [6.45, 7) is 0.571. The molecule has 0 saturated heterocycles. The lowest BCUT2D eigenvalue weighted by Crippen LogP contribution is -2.03. The van der Waals surface area contributed by atoms with Gasteiger partial charge in [0.1, 0.15) is 5.75 Å². The van der Waals surface area contributed by atoms with Crippen LogP contribution in [0.5, 0.6) is 5.75 Å². The van der Waals surface area contributed by atoms with Crippen LogP contribution in [0.25, 0.3) is 0 Å². The molecule has 0 aliphatic rings. The van der Waals surface area contributed by atoms with Crippen LogP contribution in [0.3, 0.4) is 0 Å². The van der Waals surface area contributed by atoms with Crippen molar-refractivity contribution in [2.45, 2.75) is 6.54 Å². The smallest absolute Gasteiger partial charge is 0.138 e. The minimum atomic E-state index is 0.516. The van der Waals surface area contributed by atoms with Crippen LogP contribution >= 0.6 is 55.1 Å². The molecule has 2 rings (SSSR count). The molecule has 0 bridgehead atoms. The number of hydrogen-bond acceptors (Lipinski definition) is 2. The highest BCUT2D eigenvalue weighted by Gasteiger charge is 2.10. The molecule has 2 aromatic rings. The molecule has 0 spiro atoms. The first-order valence-corrected chi connectivity index (χ1v) is 8.07. The highest BCUT2D eigenvalue weighted by molar-refractivity contribution is 9.11. The Bertz CT molecular complexity index is 635. The number of benzene rings is 2. The molecule has 2 aromatic carbocycles. The van der Waals surface area contributed by atoms with Crippen molar-refractivity contribution in [1.29, 1.82) is 0 Å². The van der Waals surface area contributed by atoms with E-state index in [1.165, 1.54) is 0 Å². The van der Waals surface area contributed by atoms with Gasteiger partial charge in [-0.2, -0.15) is 0 Å². The summed E-state index contributed by atoms with van der Waals surface area (Å²) in [5.41, 5.74) is 1.79. The molecule has 0 saturated carbocycles. The summed E-state index contributed by atoms with van der Waals surface area (Å²) in [6.07, 6.45) is 0. The number of rotatable bonds is 4. The number of nitrogens with one attached hydrogen (secondary N) is 1. The molecule has 0 aliphatic heterocycles. The number of hydrogen-bond donors (Lipinski definition) is 1. The van der Waals surface area contributed by atoms with Gasteiger partial charge >= 0.3 is 0 Å². The molecule has 0 aromatic heterocycles. The average Bonchev–Trinajstić information content (AvgIpc) is 2.40. The summed E-state index contributed by atoms with van der Waals surface area (Å²) >= 11 is 19.1. The van der Waals surface area contributed by atoms with Crippen molar-refractivity contribution in [2.75, 3.05) is 12.4 Å². The Kier molecular flexibility index (Phi) is 5.61. The van der Waals surface area contributed by atoms with Crippen LogP contribution in [-0.2, 0) is 6.54 Å². The number of halogens is 4. The van der Waals surface area contributed by atoms with E-state index < -0.39 is 0 Å². The van der Waals surface area contributed by atoms with E-state index in [1.54, 1.807) is 13.2 Å². The standard InChI is InChI=1S/C14H11Br2Cl2NO/c1-20-14-8(5-9(15)6-10(14)16)7-19-12-4-2-3-11(17)13(12)18/h2-6,19H,7H2,1H3. The lowest BCUT2D eigenvalue weighted by molar-refractivity contribution is 0.407. The van der Waals surface area contributed by atoms with Gasteiger partial charge in [0, 0.05) is 16.6 Å². The molecule has 0 aliphatic carbocycles. The normalized spacial score (nSPS) is 10.4. The fourth-order valence-electron chi connectivity index (χ4n) is 1.80. The first kappa shape index (κ1) is 16.0. The Hall–Kier alpha value is -0.420. The Morgan fingerprint density at radius 1 is 1.20 bits per heavy atom. The van der Waals surface area contributed by atoms with Gasteiger partial charge in [-0.3, -0.25) is 0 Å². The van der Waals surface area contributed by atoms with Crippen LogP contribution in [0.2, 0.25) is 10.0 Å². The average molecular weight is 440 g/mol. The van der Waals surface area contributed by atoms with Crippen LogP contribution in [-0.4, -0.2) is 7.11 Å². The monoisotopic (exact) mass is 437 g/mol. The maximum Gasteiger partial charge on any atom is 0.138 e. The van der Waals surface area contributed by atoms with E-state index in [0.29, 0.717) is 16.6 Å². The molecule has 0 fully saturated rings. The van der Waals surface area contributed by atoms with Gasteiger partial charge < -0.3 is 10.1 Å². The van der Waals surface area contributed by atoms with Crippen molar-refractivity contribution < 1.29 is 4.74 Å². The van der Waals surface area contributed by atoms with Gasteiger partial charge in [-0.1, -0.05) is 45.2 Å². The van der Waals surface area contributed by atoms with Crippen molar-refractivity contribution in [2.24, 2.45) is 0 Å². The van der Waals surface area contributed by atoms with E-state index in [2.05, 4.69) is 37.2 Å². The molecule has 0 radical (unpaired) electrons. The van der Waals surface area contributed by atoms with E-state index in [4.69, 9.17) is 27.9 Å². The van der Waals surface area contributed by atoms with Crippen LogP contribution in [0.15, 0.2) is 39.3 Å². The zero-order valence-electron chi connectivity index (χ0n) is 10.5. The lowest BCUT2D eigenvalue weighted by Gasteiger charge is -2.14. The Morgan fingerprint density at radius 3 is 2.65 bits per heavy atom. The second kappa shape index (κ2) is 7.03.